The lowest BCUT2D eigenvalue weighted by atomic mass is 9.78. The first kappa shape index (κ1) is 26.9. The number of hydrogen-bond donors (Lipinski definition) is 0. The lowest BCUT2D eigenvalue weighted by Crippen LogP contribution is -2.26. The molecule has 54 heavy (non-hydrogen) atoms. The topological polar surface area (TPSA) is 33.5 Å². The molecule has 1 aliphatic heterocycles. The summed E-state index contributed by atoms with van der Waals surface area (Å²) in [4.78, 5) is 8.33. The molecule has 5 aromatic carbocycles. The van der Waals surface area contributed by atoms with E-state index in [4.69, 9.17) is 14.3 Å². The van der Waals surface area contributed by atoms with Gasteiger partial charge in [-0.1, -0.05) is 116 Å². The molecule has 0 N–H and O–H groups in total. The highest BCUT2D eigenvalue weighted by atomic mass is 16.5. The van der Waals surface area contributed by atoms with Crippen LogP contribution in [0.5, 0.6) is 11.5 Å². The third-order valence-electron chi connectivity index (χ3n) is 10.5. The molecular weight excluding hydrogens is 661 g/mol. The number of hydrogen-bond acceptors (Lipinski definition) is 4. The summed E-state index contributed by atoms with van der Waals surface area (Å²) in [6.07, 6.45) is 1.63. The summed E-state index contributed by atoms with van der Waals surface area (Å²) in [7, 11) is 0. The molecule has 0 amide bonds. The van der Waals surface area contributed by atoms with Gasteiger partial charge in [-0.15, -0.1) is 0 Å². The van der Waals surface area contributed by atoms with Gasteiger partial charge in [0, 0.05) is 66.5 Å². The van der Waals surface area contributed by atoms with E-state index in [1.54, 1.807) is 6.07 Å². The van der Waals surface area contributed by atoms with Crippen LogP contribution in [0.1, 0.15) is 88.5 Å². The first-order valence-corrected chi connectivity index (χ1v) is 18.3. The van der Waals surface area contributed by atoms with E-state index in [0.717, 1.165) is 38.6 Å². The van der Waals surface area contributed by atoms with Gasteiger partial charge < -0.3 is 14.5 Å². The van der Waals surface area contributed by atoms with Crippen molar-refractivity contribution in [2.45, 2.75) is 71.5 Å². The lowest BCUT2D eigenvalue weighted by molar-refractivity contribution is 0.479. The molecule has 0 atom stereocenters. The second kappa shape index (κ2) is 13.2. The molecule has 0 unspecified atom stereocenters. The van der Waals surface area contributed by atoms with Crippen LogP contribution in [0, 0.1) is 0 Å². The Bertz CT molecular complexity index is 2840. The number of anilines is 2. The number of fused-ring (bicyclic) bond motifs is 3. The van der Waals surface area contributed by atoms with Crippen molar-refractivity contribution in [2.24, 2.45) is 0 Å². The number of rotatable bonds is 7. The van der Waals surface area contributed by atoms with E-state index >= 15 is 0 Å². The Morgan fingerprint density at radius 1 is 0.574 bits per heavy atom. The van der Waals surface area contributed by atoms with Crippen molar-refractivity contribution < 1.29 is 15.7 Å². The second-order valence-electron chi connectivity index (χ2n) is 15.9. The van der Waals surface area contributed by atoms with Crippen LogP contribution in [0.3, 0.4) is 0 Å². The van der Waals surface area contributed by atoms with E-state index < -0.39 is 19.1 Å². The molecule has 3 heterocycles. The normalized spacial score (nSPS) is 16.7. The summed E-state index contributed by atoms with van der Waals surface area (Å²) < 4.78 is 76.5. The van der Waals surface area contributed by atoms with Gasteiger partial charge in [-0.3, -0.25) is 4.57 Å². The molecule has 272 valence electrons. The highest BCUT2D eigenvalue weighted by Gasteiger charge is 2.26. The predicted molar refractivity (Wildman–Crippen MR) is 226 cm³/mol. The van der Waals surface area contributed by atoms with Gasteiger partial charge in [-0.2, -0.15) is 0 Å². The molecule has 0 saturated heterocycles. The molecular formula is C49H50N4O. The maximum atomic E-state index is 9.18. The van der Waals surface area contributed by atoms with Crippen molar-refractivity contribution in [3.63, 3.8) is 0 Å². The van der Waals surface area contributed by atoms with E-state index in [0.29, 0.717) is 23.0 Å². The van der Waals surface area contributed by atoms with Crippen molar-refractivity contribution in [3.8, 4) is 17.3 Å². The van der Waals surface area contributed by atoms with Gasteiger partial charge in [0.1, 0.15) is 17.3 Å². The van der Waals surface area contributed by atoms with Gasteiger partial charge in [-0.05, 0) is 87.7 Å². The Balaban J connectivity index is 1.17. The van der Waals surface area contributed by atoms with Crippen LogP contribution in [-0.4, -0.2) is 16.2 Å². The van der Waals surface area contributed by atoms with Crippen molar-refractivity contribution >= 4 is 33.2 Å². The molecule has 7 aromatic rings. The van der Waals surface area contributed by atoms with Crippen LogP contribution in [0.15, 0.2) is 146 Å². The van der Waals surface area contributed by atoms with Gasteiger partial charge in [0.25, 0.3) is 0 Å². The van der Waals surface area contributed by atoms with Crippen LogP contribution in [0.4, 0.5) is 11.4 Å². The largest absolute Gasteiger partial charge is 0.457 e. The van der Waals surface area contributed by atoms with Crippen LogP contribution in [0.25, 0.3) is 27.6 Å². The SMILES string of the molecule is [2H]C1=C([2H])N(c2cccc(C(C)(C)c3ccccc3)c2)CN1c1cc(Oc2ccc3c4ccccc4n(-c4cc(C(C)(C([2H])([2H])[2H])C([2H])([2H])[2H])ccn4)c3c2)cc(C(C)(C)C)c1. The fourth-order valence-electron chi connectivity index (χ4n) is 7.19. The zero-order chi connectivity index (χ0) is 44.6. The maximum Gasteiger partial charge on any atom is 0.137 e. The Morgan fingerprint density at radius 3 is 2.06 bits per heavy atom. The average Bonchev–Trinajstić information content (AvgIpc) is 3.72. The van der Waals surface area contributed by atoms with E-state index in [1.165, 1.54) is 24.8 Å². The molecule has 0 bridgehead atoms. The fourth-order valence-corrected chi connectivity index (χ4v) is 7.19. The Kier molecular flexibility index (Phi) is 6.59. The van der Waals surface area contributed by atoms with Gasteiger partial charge in [0.15, 0.2) is 0 Å². The third-order valence-corrected chi connectivity index (χ3v) is 10.5. The zero-order valence-electron chi connectivity index (χ0n) is 39.6. The monoisotopic (exact) mass is 718 g/mol. The quantitative estimate of drug-likeness (QED) is 0.164. The predicted octanol–water partition coefficient (Wildman–Crippen LogP) is 12.6. The molecule has 0 spiro atoms. The van der Waals surface area contributed by atoms with Gasteiger partial charge in [0.2, 0.25) is 0 Å². The molecule has 0 saturated carbocycles. The summed E-state index contributed by atoms with van der Waals surface area (Å²) >= 11 is 0. The second-order valence-corrected chi connectivity index (χ2v) is 15.9. The third kappa shape index (κ3) is 6.64. The van der Waals surface area contributed by atoms with Crippen molar-refractivity contribution in [1.82, 2.24) is 9.55 Å². The number of nitrogens with zero attached hydrogens (tertiary/aromatic N) is 4. The molecule has 5 nitrogen and oxygen atoms in total. The Hall–Kier alpha value is -5.81. The maximum absolute atomic E-state index is 9.18. The summed E-state index contributed by atoms with van der Waals surface area (Å²) in [6.45, 7) is 6.62. The molecule has 1 aliphatic rings. The highest BCUT2D eigenvalue weighted by molar-refractivity contribution is 6.09. The van der Waals surface area contributed by atoms with Crippen LogP contribution >= 0.6 is 0 Å². The van der Waals surface area contributed by atoms with Crippen molar-refractivity contribution in [1.29, 1.82) is 0 Å². The summed E-state index contributed by atoms with van der Waals surface area (Å²) in [6, 6.07) is 41.1. The number of para-hydroxylation sites is 1. The summed E-state index contributed by atoms with van der Waals surface area (Å²) in [5, 5.41) is 1.83. The molecule has 0 radical (unpaired) electrons. The van der Waals surface area contributed by atoms with Gasteiger partial charge in [-0.25, -0.2) is 4.98 Å². The fraction of sp³-hybridized carbons (Fsp3) is 0.245. The molecule has 8 rings (SSSR count). The molecule has 0 aliphatic carbocycles. The van der Waals surface area contributed by atoms with Crippen molar-refractivity contribution in [3.05, 3.63) is 168 Å². The standard InChI is InChI=1S/C49H50N4O/c1-47(2,3)35-23-24-50-46(30-35)53-44-20-13-12-19-42(44)43-22-21-40(32-45(43)53)54-41-29-37(48(4,5)6)28-39(31-41)52-26-25-51(33-52)38-18-14-17-36(27-38)49(7,8)34-15-10-9-11-16-34/h9-32H,33H2,1-8H3/i1D3,2D3,25D,26D. The van der Waals surface area contributed by atoms with Crippen LogP contribution in [0.2, 0.25) is 0 Å². The first-order chi connectivity index (χ1) is 29.1. The number of ether oxygens (including phenoxy) is 1. The molecule has 5 heteroatoms. The number of pyridine rings is 1. The van der Waals surface area contributed by atoms with E-state index in [9.17, 15) is 1.37 Å². The minimum Gasteiger partial charge on any atom is -0.457 e. The Labute approximate surface area is 331 Å². The van der Waals surface area contributed by atoms with Gasteiger partial charge in [0.05, 0.1) is 20.4 Å². The van der Waals surface area contributed by atoms with Crippen LogP contribution < -0.4 is 14.5 Å². The Morgan fingerprint density at radius 2 is 1.28 bits per heavy atom. The lowest BCUT2D eigenvalue weighted by Gasteiger charge is -2.28. The highest BCUT2D eigenvalue weighted by Crippen LogP contribution is 2.39. The smallest absolute Gasteiger partial charge is 0.137 e. The molecule has 0 fully saturated rings. The summed E-state index contributed by atoms with van der Waals surface area (Å²) in [5.41, 5.74) is 3.78. The van der Waals surface area contributed by atoms with Gasteiger partial charge >= 0.3 is 0 Å². The van der Waals surface area contributed by atoms with E-state index in [2.05, 4.69) is 69.9 Å². The first-order valence-electron chi connectivity index (χ1n) is 22.3. The number of aromatic nitrogens is 2. The zero-order valence-corrected chi connectivity index (χ0v) is 31.6. The van der Waals surface area contributed by atoms with E-state index in [1.807, 2.05) is 99.3 Å². The molecule has 2 aromatic heterocycles. The summed E-state index contributed by atoms with van der Waals surface area (Å²) in [5.74, 6) is 1.44. The number of benzene rings is 5. The average molecular weight is 719 g/mol. The van der Waals surface area contributed by atoms with Crippen LogP contribution in [-0.2, 0) is 16.2 Å². The minimum atomic E-state index is -2.82. The van der Waals surface area contributed by atoms with Crippen molar-refractivity contribution in [2.75, 3.05) is 16.5 Å². The minimum absolute atomic E-state index is 0.0727. The van der Waals surface area contributed by atoms with E-state index in [-0.39, 0.29) is 35.4 Å².